The van der Waals surface area contributed by atoms with E-state index in [0.29, 0.717) is 5.84 Å². The third-order valence-corrected chi connectivity index (χ3v) is 3.66. The molecule has 3 rings (SSSR count). The zero-order valence-electron chi connectivity index (χ0n) is 11.0. The van der Waals surface area contributed by atoms with Gasteiger partial charge >= 0.3 is 0 Å². The van der Waals surface area contributed by atoms with Crippen LogP contribution >= 0.6 is 11.8 Å². The Kier molecular flexibility index (Phi) is 3.75. The number of amides is 1. The highest BCUT2D eigenvalue weighted by molar-refractivity contribution is 8.18. The van der Waals surface area contributed by atoms with Crippen molar-refractivity contribution in [2.24, 2.45) is 4.99 Å². The van der Waals surface area contributed by atoms with Crippen molar-refractivity contribution in [2.75, 3.05) is 0 Å². The Morgan fingerprint density at radius 3 is 2.48 bits per heavy atom. The van der Waals surface area contributed by atoms with Crippen molar-refractivity contribution in [3.05, 3.63) is 65.1 Å². The van der Waals surface area contributed by atoms with E-state index in [2.05, 4.69) is 10.3 Å². The zero-order valence-corrected chi connectivity index (χ0v) is 11.8. The Morgan fingerprint density at radius 2 is 1.76 bits per heavy atom. The van der Waals surface area contributed by atoms with E-state index in [1.807, 2.05) is 36.4 Å². The van der Waals surface area contributed by atoms with Gasteiger partial charge < -0.3 is 10.4 Å². The third kappa shape index (κ3) is 3.32. The second kappa shape index (κ2) is 5.85. The number of thioether (sulfide) groups is 1. The second-order valence-electron chi connectivity index (χ2n) is 4.41. The fraction of sp³-hybridized carbons (Fsp3) is 0. The van der Waals surface area contributed by atoms with Gasteiger partial charge in [0, 0.05) is 0 Å². The summed E-state index contributed by atoms with van der Waals surface area (Å²) in [6.45, 7) is 0. The Labute approximate surface area is 126 Å². The van der Waals surface area contributed by atoms with Gasteiger partial charge in [-0.25, -0.2) is 4.99 Å². The number of aromatic hydroxyl groups is 1. The third-order valence-electron chi connectivity index (χ3n) is 2.84. The number of nitrogens with one attached hydrogen (secondary N) is 1. The molecule has 1 fully saturated rings. The maximum Gasteiger partial charge on any atom is 0.289 e. The van der Waals surface area contributed by atoms with E-state index in [0.717, 1.165) is 27.9 Å². The predicted octanol–water partition coefficient (Wildman–Crippen LogP) is 3.92. The van der Waals surface area contributed by atoms with Crippen LogP contribution in [0.3, 0.4) is 0 Å². The molecule has 0 radical (unpaired) electrons. The maximum absolute atomic E-state index is 11.6. The molecule has 2 aromatic carbocycles. The summed E-state index contributed by atoms with van der Waals surface area (Å²) in [6.07, 6.45) is 1.86. The van der Waals surface area contributed by atoms with Crippen LogP contribution in [0.25, 0.3) is 6.08 Å². The molecule has 5 heteroatoms. The lowest BCUT2D eigenvalue weighted by atomic mass is 10.2. The van der Waals surface area contributed by atoms with Gasteiger partial charge in [0.1, 0.15) is 11.6 Å². The average molecular weight is 296 g/mol. The van der Waals surface area contributed by atoms with Crippen molar-refractivity contribution in [1.82, 2.24) is 5.32 Å². The molecule has 1 aliphatic rings. The first-order valence-corrected chi connectivity index (χ1v) is 7.16. The number of carbonyl (C=O) groups is 1. The largest absolute Gasteiger partial charge is 0.508 e. The monoisotopic (exact) mass is 296 g/mol. The summed E-state index contributed by atoms with van der Waals surface area (Å²) in [7, 11) is 0. The Balaban J connectivity index is 1.94. The number of amidine groups is 1. The molecule has 1 amide bonds. The Morgan fingerprint density at radius 1 is 1.05 bits per heavy atom. The highest BCUT2D eigenvalue weighted by Crippen LogP contribution is 2.28. The molecule has 0 aromatic heterocycles. The summed E-state index contributed by atoms with van der Waals surface area (Å²) >= 11 is 1.11. The highest BCUT2D eigenvalue weighted by Gasteiger charge is 2.23. The predicted molar refractivity (Wildman–Crippen MR) is 85.7 cm³/mol. The van der Waals surface area contributed by atoms with E-state index < -0.39 is 0 Å². The molecule has 1 heterocycles. The van der Waals surface area contributed by atoms with Gasteiger partial charge in [0.2, 0.25) is 0 Å². The number of aliphatic imine (C=N–C) groups is 1. The van der Waals surface area contributed by atoms with Gasteiger partial charge in [-0.3, -0.25) is 4.79 Å². The topological polar surface area (TPSA) is 61.7 Å². The highest BCUT2D eigenvalue weighted by atomic mass is 32.2. The first-order chi connectivity index (χ1) is 10.2. The van der Waals surface area contributed by atoms with Gasteiger partial charge in [0.25, 0.3) is 5.24 Å². The number of rotatable bonds is 2. The molecule has 0 spiro atoms. The minimum absolute atomic E-state index is 0.144. The zero-order chi connectivity index (χ0) is 14.7. The summed E-state index contributed by atoms with van der Waals surface area (Å²) in [5, 5.41) is 11.9. The van der Waals surface area contributed by atoms with Crippen LogP contribution in [0.2, 0.25) is 0 Å². The number of hydrogen-bond acceptors (Lipinski definition) is 4. The van der Waals surface area contributed by atoms with Gasteiger partial charge in [0.05, 0.1) is 10.6 Å². The van der Waals surface area contributed by atoms with Crippen molar-refractivity contribution >= 4 is 34.6 Å². The van der Waals surface area contributed by atoms with Crippen LogP contribution in [0.1, 0.15) is 5.56 Å². The van der Waals surface area contributed by atoms with Crippen molar-refractivity contribution in [1.29, 1.82) is 0 Å². The first-order valence-electron chi connectivity index (χ1n) is 6.34. The van der Waals surface area contributed by atoms with Crippen LogP contribution < -0.4 is 5.32 Å². The summed E-state index contributed by atoms with van der Waals surface area (Å²) in [5.41, 5.74) is 1.68. The summed E-state index contributed by atoms with van der Waals surface area (Å²) in [4.78, 5) is 16.8. The lowest BCUT2D eigenvalue weighted by Crippen LogP contribution is -2.18. The molecule has 0 saturated carbocycles. The lowest BCUT2D eigenvalue weighted by Gasteiger charge is -2.00. The molecule has 104 valence electrons. The smallest absolute Gasteiger partial charge is 0.289 e. The maximum atomic E-state index is 11.6. The SMILES string of the molecule is O=C1NC(=Nc2ccccc2)C(=Cc2ccc(O)cc2)S1. The molecule has 2 N–H and O–H groups in total. The van der Waals surface area contributed by atoms with E-state index >= 15 is 0 Å². The molecule has 0 aliphatic carbocycles. The molecule has 1 saturated heterocycles. The standard InChI is InChI=1S/C16H12N2O2S/c19-13-8-6-11(7-9-13)10-14-15(18-16(20)21-14)17-12-4-2-1-3-5-12/h1-10,19H,(H,17,18,20). The molecule has 21 heavy (non-hydrogen) atoms. The Bertz CT molecular complexity index is 722. The molecule has 0 bridgehead atoms. The van der Waals surface area contributed by atoms with Gasteiger partial charge in [-0.2, -0.15) is 0 Å². The van der Waals surface area contributed by atoms with Gasteiger partial charge in [0.15, 0.2) is 0 Å². The van der Waals surface area contributed by atoms with Crippen LogP contribution in [-0.4, -0.2) is 16.2 Å². The van der Waals surface area contributed by atoms with Crippen molar-refractivity contribution in [3.8, 4) is 5.75 Å². The first kappa shape index (κ1) is 13.5. The van der Waals surface area contributed by atoms with Crippen LogP contribution in [0.4, 0.5) is 10.5 Å². The number of hydrogen-bond donors (Lipinski definition) is 2. The van der Waals surface area contributed by atoms with Gasteiger partial charge in [-0.05, 0) is 47.7 Å². The molecule has 0 unspecified atom stereocenters. The van der Waals surface area contributed by atoms with Crippen LogP contribution in [-0.2, 0) is 0 Å². The average Bonchev–Trinajstić information content (AvgIpc) is 2.82. The van der Waals surface area contributed by atoms with Crippen LogP contribution in [0.5, 0.6) is 5.75 Å². The van der Waals surface area contributed by atoms with E-state index in [1.165, 1.54) is 0 Å². The number of nitrogens with zero attached hydrogens (tertiary/aromatic N) is 1. The molecular formula is C16H12N2O2S. The van der Waals surface area contributed by atoms with Crippen molar-refractivity contribution in [2.45, 2.75) is 0 Å². The van der Waals surface area contributed by atoms with Crippen LogP contribution in [0.15, 0.2) is 64.5 Å². The molecule has 4 nitrogen and oxygen atoms in total. The Hall–Kier alpha value is -2.53. The molecule has 0 atom stereocenters. The second-order valence-corrected chi connectivity index (χ2v) is 5.43. The van der Waals surface area contributed by atoms with Crippen molar-refractivity contribution < 1.29 is 9.90 Å². The quantitative estimate of drug-likeness (QED) is 0.883. The van der Waals surface area contributed by atoms with Crippen LogP contribution in [0, 0.1) is 0 Å². The fourth-order valence-corrected chi connectivity index (χ4v) is 2.60. The number of carbonyl (C=O) groups excluding carboxylic acids is 1. The van der Waals surface area contributed by atoms with E-state index in [9.17, 15) is 9.90 Å². The van der Waals surface area contributed by atoms with Gasteiger partial charge in [-0.15, -0.1) is 0 Å². The van der Waals surface area contributed by atoms with E-state index in [1.54, 1.807) is 24.3 Å². The molecule has 2 aromatic rings. The number of phenols is 1. The summed E-state index contributed by atoms with van der Waals surface area (Å²) in [6, 6.07) is 16.2. The lowest BCUT2D eigenvalue weighted by molar-refractivity contribution is 0.265. The number of phenolic OH excluding ortho intramolecular Hbond substituents is 1. The normalized spacial score (nSPS) is 18.2. The van der Waals surface area contributed by atoms with Gasteiger partial charge in [-0.1, -0.05) is 30.3 Å². The number of para-hydroxylation sites is 1. The minimum atomic E-state index is -0.144. The minimum Gasteiger partial charge on any atom is -0.508 e. The number of benzene rings is 2. The summed E-state index contributed by atoms with van der Waals surface area (Å²) < 4.78 is 0. The fourth-order valence-electron chi connectivity index (χ4n) is 1.87. The summed E-state index contributed by atoms with van der Waals surface area (Å²) in [5.74, 6) is 0.757. The van der Waals surface area contributed by atoms with E-state index in [-0.39, 0.29) is 11.0 Å². The van der Waals surface area contributed by atoms with E-state index in [4.69, 9.17) is 0 Å². The van der Waals surface area contributed by atoms with Crippen molar-refractivity contribution in [3.63, 3.8) is 0 Å². The molecule has 1 aliphatic heterocycles. The molecular weight excluding hydrogens is 284 g/mol.